The Morgan fingerprint density at radius 2 is 1.90 bits per heavy atom. The Hall–Kier alpha value is -0.870. The minimum atomic E-state index is 0.771. The summed E-state index contributed by atoms with van der Waals surface area (Å²) < 4.78 is 2.22. The van der Waals surface area contributed by atoms with Gasteiger partial charge in [-0.3, -0.25) is 4.68 Å². The van der Waals surface area contributed by atoms with Gasteiger partial charge in [-0.25, -0.2) is 0 Å². The van der Waals surface area contributed by atoms with Crippen LogP contribution in [-0.4, -0.2) is 40.4 Å². The summed E-state index contributed by atoms with van der Waals surface area (Å²) in [5, 5.41) is 8.34. The largest absolute Gasteiger partial charge is 0.310 e. The quantitative estimate of drug-likeness (QED) is 0.829. The summed E-state index contributed by atoms with van der Waals surface area (Å²) in [5.74, 6) is 0. The number of hydrogen-bond donors (Lipinski definition) is 1. The first-order valence-electron chi connectivity index (χ1n) is 8.22. The SMILES string of the molecule is Cc1nn(CCCN2CCCC2)c(C)c1CNC1CC1. The third-order valence-electron chi connectivity index (χ3n) is 4.72. The second-order valence-corrected chi connectivity index (χ2v) is 6.43. The highest BCUT2D eigenvalue weighted by atomic mass is 15.3. The maximum atomic E-state index is 4.73. The molecule has 0 aromatic carbocycles. The fourth-order valence-corrected chi connectivity index (χ4v) is 3.19. The van der Waals surface area contributed by atoms with Crippen LogP contribution in [0.15, 0.2) is 0 Å². The monoisotopic (exact) mass is 276 g/mol. The minimum Gasteiger partial charge on any atom is -0.310 e. The van der Waals surface area contributed by atoms with Gasteiger partial charge >= 0.3 is 0 Å². The van der Waals surface area contributed by atoms with Crippen molar-refractivity contribution in [1.29, 1.82) is 0 Å². The molecular formula is C16H28N4. The first-order chi connectivity index (χ1) is 9.74. The number of nitrogens with zero attached hydrogens (tertiary/aromatic N) is 3. The van der Waals surface area contributed by atoms with Crippen LogP contribution in [0.2, 0.25) is 0 Å². The van der Waals surface area contributed by atoms with E-state index >= 15 is 0 Å². The van der Waals surface area contributed by atoms with Crippen LogP contribution in [0.5, 0.6) is 0 Å². The highest BCUT2D eigenvalue weighted by Gasteiger charge is 2.21. The fourth-order valence-electron chi connectivity index (χ4n) is 3.19. The Labute approximate surface area is 122 Å². The van der Waals surface area contributed by atoms with Gasteiger partial charge in [-0.05, 0) is 65.6 Å². The molecule has 2 heterocycles. The normalized spacial score (nSPS) is 19.9. The lowest BCUT2D eigenvalue weighted by Crippen LogP contribution is -2.22. The van der Waals surface area contributed by atoms with Gasteiger partial charge in [0.25, 0.3) is 0 Å². The van der Waals surface area contributed by atoms with Crippen molar-refractivity contribution in [3.63, 3.8) is 0 Å². The second kappa shape index (κ2) is 6.27. The number of hydrogen-bond acceptors (Lipinski definition) is 3. The first-order valence-corrected chi connectivity index (χ1v) is 8.22. The second-order valence-electron chi connectivity index (χ2n) is 6.43. The zero-order valence-electron chi connectivity index (χ0n) is 13.0. The molecule has 1 aliphatic heterocycles. The van der Waals surface area contributed by atoms with Gasteiger partial charge in [0.1, 0.15) is 0 Å². The van der Waals surface area contributed by atoms with Crippen molar-refractivity contribution in [3.05, 3.63) is 17.0 Å². The third kappa shape index (κ3) is 3.41. The Morgan fingerprint density at radius 3 is 2.60 bits per heavy atom. The topological polar surface area (TPSA) is 33.1 Å². The van der Waals surface area contributed by atoms with E-state index in [0.717, 1.165) is 19.1 Å². The molecule has 0 bridgehead atoms. The van der Waals surface area contributed by atoms with E-state index in [1.807, 2.05) is 0 Å². The fraction of sp³-hybridized carbons (Fsp3) is 0.812. The van der Waals surface area contributed by atoms with Gasteiger partial charge in [0.15, 0.2) is 0 Å². The van der Waals surface area contributed by atoms with Crippen molar-refractivity contribution in [2.75, 3.05) is 19.6 Å². The lowest BCUT2D eigenvalue weighted by atomic mass is 10.2. The molecule has 0 unspecified atom stereocenters. The van der Waals surface area contributed by atoms with Gasteiger partial charge < -0.3 is 10.2 Å². The van der Waals surface area contributed by atoms with Crippen molar-refractivity contribution >= 4 is 0 Å². The molecule has 1 aromatic heterocycles. The van der Waals surface area contributed by atoms with Gasteiger partial charge in [-0.15, -0.1) is 0 Å². The molecule has 0 atom stereocenters. The molecule has 1 saturated heterocycles. The third-order valence-corrected chi connectivity index (χ3v) is 4.72. The van der Waals surface area contributed by atoms with Gasteiger partial charge in [0.2, 0.25) is 0 Å². The van der Waals surface area contributed by atoms with Gasteiger partial charge in [0.05, 0.1) is 5.69 Å². The summed E-state index contributed by atoms with van der Waals surface area (Å²) in [6.07, 6.45) is 6.69. The maximum absolute atomic E-state index is 4.73. The van der Waals surface area contributed by atoms with Crippen molar-refractivity contribution in [3.8, 4) is 0 Å². The molecule has 1 saturated carbocycles. The minimum absolute atomic E-state index is 0.771. The van der Waals surface area contributed by atoms with Crippen LogP contribution in [0.4, 0.5) is 0 Å². The number of aryl methyl sites for hydroxylation is 2. The van der Waals surface area contributed by atoms with Crippen molar-refractivity contribution in [2.24, 2.45) is 0 Å². The molecular weight excluding hydrogens is 248 g/mol. The summed E-state index contributed by atoms with van der Waals surface area (Å²) >= 11 is 0. The summed E-state index contributed by atoms with van der Waals surface area (Å²) in [6, 6.07) is 0.771. The first kappa shape index (κ1) is 14.1. The van der Waals surface area contributed by atoms with Crippen LogP contribution < -0.4 is 5.32 Å². The molecule has 1 N–H and O–H groups in total. The van der Waals surface area contributed by atoms with E-state index in [2.05, 4.69) is 28.7 Å². The molecule has 3 rings (SSSR count). The maximum Gasteiger partial charge on any atom is 0.0641 e. The van der Waals surface area contributed by atoms with E-state index in [4.69, 9.17) is 5.10 Å². The predicted molar refractivity (Wildman–Crippen MR) is 81.9 cm³/mol. The van der Waals surface area contributed by atoms with Crippen LogP contribution in [0, 0.1) is 13.8 Å². The summed E-state index contributed by atoms with van der Waals surface area (Å²) in [4.78, 5) is 2.58. The standard InChI is InChI=1S/C16H28N4/c1-13-16(12-17-15-6-7-15)14(2)20(18-13)11-5-10-19-8-3-4-9-19/h15,17H,3-12H2,1-2H3. The average Bonchev–Trinajstić information content (AvgIpc) is 3.04. The Morgan fingerprint density at radius 1 is 1.15 bits per heavy atom. The van der Waals surface area contributed by atoms with Crippen LogP contribution >= 0.6 is 0 Å². The molecule has 4 heteroatoms. The highest BCUT2D eigenvalue weighted by Crippen LogP contribution is 2.21. The molecule has 0 amide bonds. The van der Waals surface area contributed by atoms with Crippen LogP contribution in [-0.2, 0) is 13.1 Å². The molecule has 1 aromatic rings. The van der Waals surface area contributed by atoms with Crippen molar-refractivity contribution < 1.29 is 0 Å². The molecule has 4 nitrogen and oxygen atoms in total. The smallest absolute Gasteiger partial charge is 0.0641 e. The lowest BCUT2D eigenvalue weighted by molar-refractivity contribution is 0.321. The summed E-state index contributed by atoms with van der Waals surface area (Å²) in [5.41, 5.74) is 3.98. The number of rotatable bonds is 7. The highest BCUT2D eigenvalue weighted by molar-refractivity contribution is 5.24. The Balaban J connectivity index is 1.51. The van der Waals surface area contributed by atoms with Crippen LogP contribution in [0.1, 0.15) is 49.1 Å². The van der Waals surface area contributed by atoms with Crippen LogP contribution in [0.25, 0.3) is 0 Å². The van der Waals surface area contributed by atoms with Crippen molar-refractivity contribution in [1.82, 2.24) is 20.0 Å². The zero-order chi connectivity index (χ0) is 13.9. The molecule has 2 aliphatic rings. The molecule has 2 fully saturated rings. The van der Waals surface area contributed by atoms with E-state index in [9.17, 15) is 0 Å². The van der Waals surface area contributed by atoms with Gasteiger partial charge in [-0.2, -0.15) is 5.10 Å². The summed E-state index contributed by atoms with van der Waals surface area (Å²) in [7, 11) is 0. The Bertz CT molecular complexity index is 442. The molecule has 20 heavy (non-hydrogen) atoms. The molecule has 112 valence electrons. The number of aromatic nitrogens is 2. The Kier molecular flexibility index (Phi) is 4.41. The van der Waals surface area contributed by atoms with Gasteiger partial charge in [-0.1, -0.05) is 0 Å². The van der Waals surface area contributed by atoms with Gasteiger partial charge in [0, 0.05) is 30.4 Å². The zero-order valence-corrected chi connectivity index (χ0v) is 13.0. The molecule has 1 aliphatic carbocycles. The van der Waals surface area contributed by atoms with Crippen molar-refractivity contribution in [2.45, 2.75) is 65.1 Å². The van der Waals surface area contributed by atoms with E-state index in [1.54, 1.807) is 0 Å². The van der Waals surface area contributed by atoms with E-state index in [-0.39, 0.29) is 0 Å². The van der Waals surface area contributed by atoms with Crippen LogP contribution in [0.3, 0.4) is 0 Å². The predicted octanol–water partition coefficient (Wildman–Crippen LogP) is 2.24. The van der Waals surface area contributed by atoms with E-state index in [1.165, 1.54) is 68.7 Å². The number of likely N-dealkylation sites (tertiary alicyclic amines) is 1. The average molecular weight is 276 g/mol. The van der Waals surface area contributed by atoms with E-state index < -0.39 is 0 Å². The molecule has 0 spiro atoms. The number of nitrogens with one attached hydrogen (secondary N) is 1. The van der Waals surface area contributed by atoms with E-state index in [0.29, 0.717) is 0 Å². The summed E-state index contributed by atoms with van der Waals surface area (Å²) in [6.45, 7) is 10.3. The lowest BCUT2D eigenvalue weighted by Gasteiger charge is -2.14. The molecule has 0 radical (unpaired) electrons.